The Hall–Kier alpha value is -1.86. The molecule has 0 radical (unpaired) electrons. The van der Waals surface area contributed by atoms with E-state index in [1.54, 1.807) is 33.1 Å². The molecule has 1 aliphatic rings. The molecular weight excluding hydrogens is 334 g/mol. The van der Waals surface area contributed by atoms with Gasteiger partial charge in [-0.25, -0.2) is 4.79 Å². The highest BCUT2D eigenvalue weighted by Crippen LogP contribution is 2.35. The number of nitrogens with zero attached hydrogens (tertiary/aromatic N) is 1. The number of hydrogen-bond donors (Lipinski definition) is 1. The van der Waals surface area contributed by atoms with E-state index >= 15 is 0 Å². The first-order chi connectivity index (χ1) is 10.8. The molecule has 1 fully saturated rings. The third-order valence-corrected chi connectivity index (χ3v) is 4.71. The van der Waals surface area contributed by atoms with E-state index in [-0.39, 0.29) is 16.1 Å². The summed E-state index contributed by atoms with van der Waals surface area (Å²) in [6.07, 6.45) is 1.70. The lowest BCUT2D eigenvalue weighted by Crippen LogP contribution is -2.47. The van der Waals surface area contributed by atoms with Crippen LogP contribution < -0.4 is 4.74 Å². The number of methoxy groups -OCH3 is 1. The highest BCUT2D eigenvalue weighted by atomic mass is 32.2. The first kappa shape index (κ1) is 17.5. The molecule has 1 aromatic carbocycles. The van der Waals surface area contributed by atoms with Crippen molar-refractivity contribution in [3.8, 4) is 5.75 Å². The van der Waals surface area contributed by atoms with Crippen LogP contribution in [-0.2, 0) is 9.59 Å². The molecule has 1 aliphatic heterocycles. The molecule has 0 aromatic heterocycles. The zero-order valence-electron chi connectivity index (χ0n) is 13.0. The van der Waals surface area contributed by atoms with Crippen LogP contribution in [0.5, 0.6) is 5.75 Å². The molecule has 1 heterocycles. The van der Waals surface area contributed by atoms with E-state index in [0.29, 0.717) is 10.7 Å². The zero-order chi connectivity index (χ0) is 17.1. The van der Waals surface area contributed by atoms with Gasteiger partial charge in [0.15, 0.2) is 0 Å². The van der Waals surface area contributed by atoms with Gasteiger partial charge in [0.25, 0.3) is 5.91 Å². The third kappa shape index (κ3) is 3.73. The molecule has 1 aromatic rings. The van der Waals surface area contributed by atoms with Crippen LogP contribution in [0.4, 0.5) is 0 Å². The molecule has 0 spiro atoms. The Bertz CT molecular complexity index is 684. The lowest BCUT2D eigenvalue weighted by Gasteiger charge is -2.26. The van der Waals surface area contributed by atoms with Gasteiger partial charge >= 0.3 is 5.97 Å². The van der Waals surface area contributed by atoms with Crippen molar-refractivity contribution in [2.24, 2.45) is 5.92 Å². The van der Waals surface area contributed by atoms with E-state index in [0.717, 1.165) is 17.3 Å². The largest absolute Gasteiger partial charge is 0.497 e. The fraction of sp³-hybridized carbons (Fsp3) is 0.312. The SMILES string of the molecule is COc1cccc(/C=C2\SC(=S)N([C@H](C(=O)O)C(C)C)C2=O)c1. The summed E-state index contributed by atoms with van der Waals surface area (Å²) in [4.78, 5) is 25.7. The number of rotatable bonds is 5. The molecule has 122 valence electrons. The monoisotopic (exact) mass is 351 g/mol. The van der Waals surface area contributed by atoms with E-state index in [2.05, 4.69) is 0 Å². The molecule has 5 nitrogen and oxygen atoms in total. The van der Waals surface area contributed by atoms with Gasteiger partial charge in [-0.15, -0.1) is 0 Å². The van der Waals surface area contributed by atoms with Gasteiger partial charge in [-0.2, -0.15) is 0 Å². The van der Waals surface area contributed by atoms with Gasteiger partial charge in [0.2, 0.25) is 0 Å². The Kier molecular flexibility index (Phi) is 5.43. The predicted molar refractivity (Wildman–Crippen MR) is 94.3 cm³/mol. The highest BCUT2D eigenvalue weighted by Gasteiger charge is 2.41. The van der Waals surface area contributed by atoms with Gasteiger partial charge in [-0.05, 0) is 29.7 Å². The summed E-state index contributed by atoms with van der Waals surface area (Å²) in [5.74, 6) is -0.992. The van der Waals surface area contributed by atoms with Crippen LogP contribution in [-0.4, -0.2) is 39.4 Å². The van der Waals surface area contributed by atoms with Crippen molar-refractivity contribution in [2.75, 3.05) is 7.11 Å². The van der Waals surface area contributed by atoms with Crippen LogP contribution in [0.1, 0.15) is 19.4 Å². The van der Waals surface area contributed by atoms with E-state index in [1.807, 2.05) is 18.2 Å². The van der Waals surface area contributed by atoms with Gasteiger partial charge in [0.05, 0.1) is 12.0 Å². The Morgan fingerprint density at radius 1 is 1.43 bits per heavy atom. The average Bonchev–Trinajstić information content (AvgIpc) is 2.75. The smallest absolute Gasteiger partial charge is 0.327 e. The summed E-state index contributed by atoms with van der Waals surface area (Å²) in [6, 6.07) is 6.30. The topological polar surface area (TPSA) is 66.8 Å². The van der Waals surface area contributed by atoms with Crippen molar-refractivity contribution >= 4 is 46.3 Å². The number of carboxylic acid groups (broad SMARTS) is 1. The molecule has 7 heteroatoms. The van der Waals surface area contributed by atoms with E-state index in [9.17, 15) is 14.7 Å². The lowest BCUT2D eigenvalue weighted by molar-refractivity contribution is -0.146. The minimum Gasteiger partial charge on any atom is -0.497 e. The fourth-order valence-corrected chi connectivity index (χ4v) is 3.63. The van der Waals surface area contributed by atoms with Crippen LogP contribution in [0.25, 0.3) is 6.08 Å². The molecule has 0 saturated carbocycles. The molecule has 1 atom stereocenters. The summed E-state index contributed by atoms with van der Waals surface area (Å²) in [7, 11) is 1.57. The minimum absolute atomic E-state index is 0.244. The Morgan fingerprint density at radius 3 is 2.70 bits per heavy atom. The summed E-state index contributed by atoms with van der Waals surface area (Å²) >= 11 is 6.33. The normalized spacial score (nSPS) is 17.9. The summed E-state index contributed by atoms with van der Waals surface area (Å²) < 4.78 is 5.42. The molecule has 0 unspecified atom stereocenters. The molecule has 23 heavy (non-hydrogen) atoms. The number of hydrogen-bond acceptors (Lipinski definition) is 5. The van der Waals surface area contributed by atoms with Crippen molar-refractivity contribution in [1.82, 2.24) is 4.90 Å². The van der Waals surface area contributed by atoms with Crippen molar-refractivity contribution in [3.05, 3.63) is 34.7 Å². The standard InChI is InChI=1S/C16H17NO4S2/c1-9(2)13(15(19)20)17-14(18)12(23-16(17)22)8-10-5-4-6-11(7-10)21-3/h4-9,13H,1-3H3,(H,19,20)/b12-8-/t13-/m0/s1. The number of amides is 1. The summed E-state index contributed by atoms with van der Waals surface area (Å²) in [6.45, 7) is 3.51. The number of ether oxygens (including phenoxy) is 1. The number of carbonyl (C=O) groups is 2. The maximum atomic E-state index is 12.6. The Balaban J connectivity index is 2.33. The number of carboxylic acids is 1. The predicted octanol–water partition coefficient (Wildman–Crippen LogP) is 3.01. The summed E-state index contributed by atoms with van der Waals surface area (Å²) in [5, 5.41) is 9.39. The van der Waals surface area contributed by atoms with Crippen molar-refractivity contribution in [2.45, 2.75) is 19.9 Å². The van der Waals surface area contributed by atoms with Crippen molar-refractivity contribution in [1.29, 1.82) is 0 Å². The Morgan fingerprint density at radius 2 is 2.13 bits per heavy atom. The van der Waals surface area contributed by atoms with E-state index in [4.69, 9.17) is 17.0 Å². The quantitative estimate of drug-likeness (QED) is 0.650. The zero-order valence-corrected chi connectivity index (χ0v) is 14.6. The van der Waals surface area contributed by atoms with Gasteiger partial charge < -0.3 is 9.84 Å². The van der Waals surface area contributed by atoms with Crippen LogP contribution in [0, 0.1) is 5.92 Å². The number of thiocarbonyl (C=S) groups is 1. The first-order valence-corrected chi connectivity index (χ1v) is 8.21. The maximum Gasteiger partial charge on any atom is 0.327 e. The van der Waals surface area contributed by atoms with Gasteiger partial charge in [0, 0.05) is 0 Å². The number of benzene rings is 1. The maximum absolute atomic E-state index is 12.6. The average molecular weight is 351 g/mol. The Labute approximate surface area is 144 Å². The van der Waals surface area contributed by atoms with Gasteiger partial charge in [-0.3, -0.25) is 9.69 Å². The first-order valence-electron chi connectivity index (χ1n) is 6.99. The third-order valence-electron chi connectivity index (χ3n) is 3.38. The van der Waals surface area contributed by atoms with Crippen LogP contribution in [0.3, 0.4) is 0 Å². The van der Waals surface area contributed by atoms with Crippen LogP contribution >= 0.6 is 24.0 Å². The van der Waals surface area contributed by atoms with Crippen LogP contribution in [0.15, 0.2) is 29.2 Å². The van der Waals surface area contributed by atoms with Gasteiger partial charge in [-0.1, -0.05) is 50.0 Å². The van der Waals surface area contributed by atoms with Gasteiger partial charge in [0.1, 0.15) is 16.1 Å². The molecule has 0 aliphatic carbocycles. The number of aliphatic carboxylic acids is 1. The van der Waals surface area contributed by atoms with Crippen LogP contribution in [0.2, 0.25) is 0 Å². The highest BCUT2D eigenvalue weighted by molar-refractivity contribution is 8.26. The van der Waals surface area contributed by atoms with E-state index < -0.39 is 12.0 Å². The lowest BCUT2D eigenvalue weighted by atomic mass is 10.0. The molecule has 1 N–H and O–H groups in total. The van der Waals surface area contributed by atoms with E-state index in [1.165, 1.54) is 4.90 Å². The summed E-state index contributed by atoms with van der Waals surface area (Å²) in [5.41, 5.74) is 0.793. The number of carbonyl (C=O) groups excluding carboxylic acids is 1. The molecular formula is C16H17NO4S2. The van der Waals surface area contributed by atoms with Crippen molar-refractivity contribution < 1.29 is 19.4 Å². The molecule has 2 rings (SSSR count). The molecule has 0 bridgehead atoms. The second-order valence-corrected chi connectivity index (χ2v) is 7.03. The molecule has 1 amide bonds. The van der Waals surface area contributed by atoms with Crippen molar-refractivity contribution in [3.63, 3.8) is 0 Å². The second kappa shape index (κ2) is 7.14. The molecule has 1 saturated heterocycles. The second-order valence-electron chi connectivity index (χ2n) is 5.36. The fourth-order valence-electron chi connectivity index (χ4n) is 2.30. The number of thioether (sulfide) groups is 1. The minimum atomic E-state index is -1.06.